The number of hydrogen-bond donors (Lipinski definition) is 1. The predicted molar refractivity (Wildman–Crippen MR) is 53.9 cm³/mol. The predicted octanol–water partition coefficient (Wildman–Crippen LogP) is 1.74. The Balaban J connectivity index is 3.19. The average molecular weight is 171 g/mol. The largest absolute Gasteiger partial charge is 0.304 e. The van der Waals surface area contributed by atoms with Crippen molar-refractivity contribution in [2.75, 3.05) is 18.6 Å². The van der Waals surface area contributed by atoms with Crippen molar-refractivity contribution in [3.63, 3.8) is 0 Å². The van der Waals surface area contributed by atoms with Crippen molar-refractivity contribution in [3.8, 4) is 11.8 Å². The van der Waals surface area contributed by atoms with Crippen LogP contribution in [-0.2, 0) is 0 Å². The topological polar surface area (TPSA) is 12.0 Å². The highest BCUT2D eigenvalue weighted by molar-refractivity contribution is 7.98. The third-order valence-electron chi connectivity index (χ3n) is 1.47. The van der Waals surface area contributed by atoms with Gasteiger partial charge in [-0.1, -0.05) is 5.92 Å². The average Bonchev–Trinajstić information content (AvgIpc) is 2.01. The molecule has 0 rings (SSSR count). The molecule has 1 unspecified atom stereocenters. The van der Waals surface area contributed by atoms with Gasteiger partial charge in [0.05, 0.1) is 6.54 Å². The van der Waals surface area contributed by atoms with Crippen LogP contribution >= 0.6 is 11.8 Å². The summed E-state index contributed by atoms with van der Waals surface area (Å²) in [6.45, 7) is 4.90. The van der Waals surface area contributed by atoms with E-state index in [2.05, 4.69) is 30.3 Å². The van der Waals surface area contributed by atoms with Crippen LogP contribution in [0.15, 0.2) is 0 Å². The molecule has 0 aliphatic carbocycles. The summed E-state index contributed by atoms with van der Waals surface area (Å²) in [5.41, 5.74) is 0. The maximum atomic E-state index is 3.33. The van der Waals surface area contributed by atoms with Crippen LogP contribution in [0.3, 0.4) is 0 Å². The molecule has 64 valence electrons. The van der Waals surface area contributed by atoms with Crippen molar-refractivity contribution in [2.24, 2.45) is 0 Å². The lowest BCUT2D eigenvalue weighted by Crippen LogP contribution is -2.26. The van der Waals surface area contributed by atoms with E-state index in [0.717, 1.165) is 6.54 Å². The number of hydrogen-bond acceptors (Lipinski definition) is 2. The summed E-state index contributed by atoms with van der Waals surface area (Å²) in [6, 6.07) is 0.600. The minimum atomic E-state index is 0.600. The summed E-state index contributed by atoms with van der Waals surface area (Å²) in [4.78, 5) is 0. The van der Waals surface area contributed by atoms with Crippen molar-refractivity contribution < 1.29 is 0 Å². The third kappa shape index (κ3) is 7.77. The van der Waals surface area contributed by atoms with Crippen molar-refractivity contribution in [1.82, 2.24) is 5.32 Å². The first kappa shape index (κ1) is 10.9. The second-order valence-corrected chi connectivity index (χ2v) is 3.48. The minimum absolute atomic E-state index is 0.600. The van der Waals surface area contributed by atoms with Gasteiger partial charge in [-0.3, -0.25) is 0 Å². The third-order valence-corrected chi connectivity index (χ3v) is 2.11. The molecule has 0 aromatic heterocycles. The molecule has 0 heterocycles. The molecule has 0 aromatic rings. The molecular weight excluding hydrogens is 154 g/mol. The Morgan fingerprint density at radius 3 is 2.82 bits per heavy atom. The van der Waals surface area contributed by atoms with Gasteiger partial charge in [-0.2, -0.15) is 11.8 Å². The maximum absolute atomic E-state index is 3.33. The fraction of sp³-hybridized carbons (Fsp3) is 0.778. The smallest absolute Gasteiger partial charge is 0.0578 e. The molecule has 0 radical (unpaired) electrons. The van der Waals surface area contributed by atoms with E-state index in [1.807, 2.05) is 18.7 Å². The molecule has 2 heteroatoms. The van der Waals surface area contributed by atoms with E-state index in [4.69, 9.17) is 0 Å². The summed E-state index contributed by atoms with van der Waals surface area (Å²) in [5, 5.41) is 3.33. The highest BCUT2D eigenvalue weighted by Crippen LogP contribution is 1.98. The summed E-state index contributed by atoms with van der Waals surface area (Å²) < 4.78 is 0. The van der Waals surface area contributed by atoms with Gasteiger partial charge in [-0.25, -0.2) is 0 Å². The Hall–Kier alpha value is -0.130. The minimum Gasteiger partial charge on any atom is -0.304 e. The fourth-order valence-electron chi connectivity index (χ4n) is 0.710. The fourth-order valence-corrected chi connectivity index (χ4v) is 1.30. The summed E-state index contributed by atoms with van der Waals surface area (Å²) in [6.07, 6.45) is 3.37. The normalized spacial score (nSPS) is 11.9. The Morgan fingerprint density at radius 1 is 1.55 bits per heavy atom. The van der Waals surface area contributed by atoms with Gasteiger partial charge in [0.25, 0.3) is 0 Å². The Labute approximate surface area is 74.3 Å². The van der Waals surface area contributed by atoms with Gasteiger partial charge in [0.15, 0.2) is 0 Å². The molecule has 0 fully saturated rings. The molecule has 0 saturated carbocycles. The molecule has 0 spiro atoms. The molecular formula is C9H17NS. The zero-order valence-corrected chi connectivity index (χ0v) is 8.42. The second-order valence-electron chi connectivity index (χ2n) is 2.49. The highest BCUT2D eigenvalue weighted by Gasteiger charge is 1.96. The van der Waals surface area contributed by atoms with E-state index in [9.17, 15) is 0 Å². The number of nitrogens with one attached hydrogen (secondary N) is 1. The van der Waals surface area contributed by atoms with Crippen LogP contribution in [0, 0.1) is 11.8 Å². The van der Waals surface area contributed by atoms with Crippen molar-refractivity contribution >= 4 is 11.8 Å². The lowest BCUT2D eigenvalue weighted by molar-refractivity contribution is 0.575. The lowest BCUT2D eigenvalue weighted by atomic mass is 10.2. The monoisotopic (exact) mass is 171 g/mol. The van der Waals surface area contributed by atoms with Gasteiger partial charge in [-0.15, -0.1) is 5.92 Å². The molecule has 1 nitrogen and oxygen atoms in total. The van der Waals surface area contributed by atoms with Gasteiger partial charge in [0.1, 0.15) is 0 Å². The van der Waals surface area contributed by atoms with Gasteiger partial charge in [0, 0.05) is 6.04 Å². The van der Waals surface area contributed by atoms with Crippen LogP contribution in [0.4, 0.5) is 0 Å². The lowest BCUT2D eigenvalue weighted by Gasteiger charge is -2.09. The van der Waals surface area contributed by atoms with E-state index in [1.165, 1.54) is 12.2 Å². The van der Waals surface area contributed by atoms with E-state index in [0.29, 0.717) is 6.04 Å². The van der Waals surface area contributed by atoms with E-state index in [1.54, 1.807) is 0 Å². The first-order valence-corrected chi connectivity index (χ1v) is 5.32. The Bertz CT molecular complexity index is 134. The molecule has 0 aliphatic heterocycles. The van der Waals surface area contributed by atoms with Crippen molar-refractivity contribution in [2.45, 2.75) is 26.3 Å². The van der Waals surface area contributed by atoms with Crippen LogP contribution < -0.4 is 5.32 Å². The molecule has 1 N–H and O–H groups in total. The van der Waals surface area contributed by atoms with Gasteiger partial charge < -0.3 is 5.32 Å². The molecule has 0 bridgehead atoms. The second kappa shape index (κ2) is 7.97. The Morgan fingerprint density at radius 2 is 2.27 bits per heavy atom. The molecule has 0 aromatic carbocycles. The van der Waals surface area contributed by atoms with Crippen LogP contribution in [0.2, 0.25) is 0 Å². The first-order valence-electron chi connectivity index (χ1n) is 3.93. The quantitative estimate of drug-likeness (QED) is 0.632. The van der Waals surface area contributed by atoms with Crippen LogP contribution in [-0.4, -0.2) is 24.6 Å². The summed E-state index contributed by atoms with van der Waals surface area (Å²) in [7, 11) is 0. The first-order chi connectivity index (χ1) is 5.31. The van der Waals surface area contributed by atoms with Crippen molar-refractivity contribution in [3.05, 3.63) is 0 Å². The molecule has 0 aliphatic rings. The summed E-state index contributed by atoms with van der Waals surface area (Å²) in [5.74, 6) is 7.08. The van der Waals surface area contributed by atoms with Crippen molar-refractivity contribution in [1.29, 1.82) is 0 Å². The van der Waals surface area contributed by atoms with Crippen LogP contribution in [0.1, 0.15) is 20.3 Å². The number of thioether (sulfide) groups is 1. The maximum Gasteiger partial charge on any atom is 0.0578 e. The van der Waals surface area contributed by atoms with E-state index in [-0.39, 0.29) is 0 Å². The SMILES string of the molecule is CC#CCNC(C)CCSC. The standard InChI is InChI=1S/C9H17NS/c1-4-5-7-10-9(2)6-8-11-3/h9-10H,6-8H2,1-3H3. The Kier molecular flexibility index (Phi) is 7.88. The van der Waals surface area contributed by atoms with E-state index >= 15 is 0 Å². The van der Waals surface area contributed by atoms with E-state index < -0.39 is 0 Å². The zero-order valence-electron chi connectivity index (χ0n) is 7.61. The molecule has 0 amide bonds. The van der Waals surface area contributed by atoms with Gasteiger partial charge >= 0.3 is 0 Å². The van der Waals surface area contributed by atoms with Gasteiger partial charge in [0.2, 0.25) is 0 Å². The van der Waals surface area contributed by atoms with Gasteiger partial charge in [-0.05, 0) is 32.3 Å². The van der Waals surface area contributed by atoms with Crippen LogP contribution in [0.25, 0.3) is 0 Å². The molecule has 11 heavy (non-hydrogen) atoms. The zero-order chi connectivity index (χ0) is 8.53. The molecule has 0 saturated heterocycles. The summed E-state index contributed by atoms with van der Waals surface area (Å²) >= 11 is 1.89. The highest BCUT2D eigenvalue weighted by atomic mass is 32.2. The van der Waals surface area contributed by atoms with Crippen LogP contribution in [0.5, 0.6) is 0 Å². The molecule has 1 atom stereocenters. The number of rotatable bonds is 5.